The molecule has 0 aliphatic rings. The molecule has 0 amide bonds. The molecule has 0 bridgehead atoms. The molecular formula is C19H25NO. The maximum Gasteiger partial charge on any atom is 0.0736 e. The molecule has 0 heterocycles. The number of hydrogen-bond donors (Lipinski definition) is 1. The Labute approximate surface area is 128 Å². The Morgan fingerprint density at radius 2 is 1.62 bits per heavy atom. The van der Waals surface area contributed by atoms with Gasteiger partial charge in [0.2, 0.25) is 0 Å². The van der Waals surface area contributed by atoms with Crippen LogP contribution < -0.4 is 5.32 Å². The lowest BCUT2D eigenvalue weighted by Gasteiger charge is -2.25. The van der Waals surface area contributed by atoms with Crippen LogP contribution in [0.1, 0.15) is 37.9 Å². The summed E-state index contributed by atoms with van der Waals surface area (Å²) in [6, 6.07) is 19.3. The van der Waals surface area contributed by atoms with Crippen molar-refractivity contribution in [3.63, 3.8) is 0 Å². The summed E-state index contributed by atoms with van der Waals surface area (Å²) in [6.45, 7) is 7.91. The van der Waals surface area contributed by atoms with Gasteiger partial charge in [0, 0.05) is 17.9 Å². The number of hydrogen-bond acceptors (Lipinski definition) is 2. The summed E-state index contributed by atoms with van der Waals surface area (Å²) < 4.78 is 5.57. The van der Waals surface area contributed by atoms with Crippen LogP contribution in [0.15, 0.2) is 54.6 Å². The number of para-hydroxylation sites is 1. The molecule has 1 N–H and O–H groups in total. The highest BCUT2D eigenvalue weighted by atomic mass is 16.5. The van der Waals surface area contributed by atoms with Crippen molar-refractivity contribution in [3.8, 4) is 0 Å². The first-order valence-electron chi connectivity index (χ1n) is 7.69. The van der Waals surface area contributed by atoms with Gasteiger partial charge in [0.1, 0.15) is 0 Å². The van der Waals surface area contributed by atoms with E-state index in [1.54, 1.807) is 0 Å². The number of anilines is 1. The van der Waals surface area contributed by atoms with Gasteiger partial charge in [0.05, 0.1) is 12.6 Å². The summed E-state index contributed by atoms with van der Waals surface area (Å²) in [5.41, 5.74) is 3.69. The highest BCUT2D eigenvalue weighted by molar-refractivity contribution is 5.52. The average Bonchev–Trinajstić information content (AvgIpc) is 2.52. The van der Waals surface area contributed by atoms with Gasteiger partial charge in [-0.3, -0.25) is 0 Å². The van der Waals surface area contributed by atoms with E-state index >= 15 is 0 Å². The highest BCUT2D eigenvalue weighted by Gasteiger charge is 2.16. The second-order valence-corrected chi connectivity index (χ2v) is 5.57. The molecule has 0 aromatic heterocycles. The molecule has 2 aromatic rings. The molecular weight excluding hydrogens is 258 g/mol. The molecule has 2 nitrogen and oxygen atoms in total. The Morgan fingerprint density at radius 1 is 0.952 bits per heavy atom. The lowest BCUT2D eigenvalue weighted by Crippen LogP contribution is -2.17. The minimum atomic E-state index is 0.300. The van der Waals surface area contributed by atoms with Gasteiger partial charge in [-0.15, -0.1) is 0 Å². The molecule has 0 aliphatic heterocycles. The van der Waals surface area contributed by atoms with E-state index in [-0.39, 0.29) is 0 Å². The van der Waals surface area contributed by atoms with Crippen LogP contribution in [0.4, 0.5) is 5.69 Å². The fourth-order valence-corrected chi connectivity index (χ4v) is 2.46. The highest BCUT2D eigenvalue weighted by Crippen LogP contribution is 2.28. The van der Waals surface area contributed by atoms with Gasteiger partial charge in [0.25, 0.3) is 0 Å². The lowest BCUT2D eigenvalue weighted by atomic mass is 9.95. The average molecular weight is 283 g/mol. The molecule has 0 spiro atoms. The third-order valence-electron chi connectivity index (χ3n) is 3.62. The summed E-state index contributed by atoms with van der Waals surface area (Å²) in [7, 11) is 0. The van der Waals surface area contributed by atoms with E-state index in [1.165, 1.54) is 11.1 Å². The SMILES string of the molecule is CCOCc1ccccc1NC(c1ccccc1)C(C)C. The molecule has 1 unspecified atom stereocenters. The van der Waals surface area contributed by atoms with Crippen molar-refractivity contribution in [1.82, 2.24) is 0 Å². The van der Waals surface area contributed by atoms with Gasteiger partial charge in [-0.25, -0.2) is 0 Å². The van der Waals surface area contributed by atoms with E-state index in [0.717, 1.165) is 12.3 Å². The maximum absolute atomic E-state index is 5.57. The largest absolute Gasteiger partial charge is 0.378 e. The van der Waals surface area contributed by atoms with Crippen molar-refractivity contribution in [2.75, 3.05) is 11.9 Å². The van der Waals surface area contributed by atoms with Gasteiger partial charge < -0.3 is 10.1 Å². The van der Waals surface area contributed by atoms with Crippen LogP contribution >= 0.6 is 0 Å². The van der Waals surface area contributed by atoms with E-state index in [1.807, 2.05) is 6.92 Å². The minimum Gasteiger partial charge on any atom is -0.378 e. The van der Waals surface area contributed by atoms with Crippen LogP contribution in [0, 0.1) is 5.92 Å². The first-order chi connectivity index (χ1) is 10.2. The molecule has 2 aromatic carbocycles. The van der Waals surface area contributed by atoms with Gasteiger partial charge in [-0.05, 0) is 24.5 Å². The second-order valence-electron chi connectivity index (χ2n) is 5.57. The predicted octanol–water partition coefficient (Wildman–Crippen LogP) is 5.03. The van der Waals surface area contributed by atoms with Crippen molar-refractivity contribution < 1.29 is 4.74 Å². The zero-order valence-corrected chi connectivity index (χ0v) is 13.2. The summed E-state index contributed by atoms with van der Waals surface area (Å²) in [5.74, 6) is 0.507. The summed E-state index contributed by atoms with van der Waals surface area (Å²) in [4.78, 5) is 0. The van der Waals surface area contributed by atoms with Crippen LogP contribution in [-0.2, 0) is 11.3 Å². The summed E-state index contributed by atoms with van der Waals surface area (Å²) in [6.07, 6.45) is 0. The van der Waals surface area contributed by atoms with Crippen LogP contribution in [0.2, 0.25) is 0 Å². The normalized spacial score (nSPS) is 12.4. The van der Waals surface area contributed by atoms with Gasteiger partial charge >= 0.3 is 0 Å². The Kier molecular flexibility index (Phi) is 5.82. The molecule has 1 atom stereocenters. The Morgan fingerprint density at radius 3 is 2.29 bits per heavy atom. The molecule has 112 valence electrons. The first-order valence-corrected chi connectivity index (χ1v) is 7.69. The fourth-order valence-electron chi connectivity index (χ4n) is 2.46. The van der Waals surface area contributed by atoms with Gasteiger partial charge in [0.15, 0.2) is 0 Å². The molecule has 0 saturated heterocycles. The molecule has 0 radical (unpaired) electrons. The van der Waals surface area contributed by atoms with E-state index in [2.05, 4.69) is 73.8 Å². The van der Waals surface area contributed by atoms with E-state index in [0.29, 0.717) is 18.6 Å². The van der Waals surface area contributed by atoms with Crippen molar-refractivity contribution >= 4 is 5.69 Å². The Bertz CT molecular complexity index is 536. The first kappa shape index (κ1) is 15.6. The standard InChI is InChI=1S/C19H25NO/c1-4-21-14-17-12-8-9-13-18(17)20-19(15(2)3)16-10-6-5-7-11-16/h5-13,15,19-20H,4,14H2,1-3H3. The summed E-state index contributed by atoms with van der Waals surface area (Å²) >= 11 is 0. The minimum absolute atomic E-state index is 0.300. The number of ether oxygens (including phenoxy) is 1. The van der Waals surface area contributed by atoms with E-state index in [4.69, 9.17) is 4.74 Å². The number of nitrogens with one attached hydrogen (secondary N) is 1. The third-order valence-corrected chi connectivity index (χ3v) is 3.62. The smallest absolute Gasteiger partial charge is 0.0736 e. The molecule has 0 fully saturated rings. The number of rotatable bonds is 7. The zero-order chi connectivity index (χ0) is 15.1. The molecule has 21 heavy (non-hydrogen) atoms. The summed E-state index contributed by atoms with van der Waals surface area (Å²) in [5, 5.41) is 3.69. The maximum atomic E-state index is 5.57. The zero-order valence-electron chi connectivity index (χ0n) is 13.2. The fraction of sp³-hybridized carbons (Fsp3) is 0.368. The van der Waals surface area contributed by atoms with Crippen molar-refractivity contribution in [1.29, 1.82) is 0 Å². The number of benzene rings is 2. The molecule has 2 rings (SSSR count). The van der Waals surface area contributed by atoms with Crippen LogP contribution in [0.3, 0.4) is 0 Å². The Hall–Kier alpha value is -1.80. The predicted molar refractivity (Wildman–Crippen MR) is 89.4 cm³/mol. The van der Waals surface area contributed by atoms with E-state index in [9.17, 15) is 0 Å². The lowest BCUT2D eigenvalue weighted by molar-refractivity contribution is 0.134. The van der Waals surface area contributed by atoms with Crippen molar-refractivity contribution in [3.05, 3.63) is 65.7 Å². The van der Waals surface area contributed by atoms with E-state index < -0.39 is 0 Å². The molecule has 2 heteroatoms. The van der Waals surface area contributed by atoms with Crippen LogP contribution in [0.25, 0.3) is 0 Å². The Balaban J connectivity index is 2.21. The van der Waals surface area contributed by atoms with Gasteiger partial charge in [-0.2, -0.15) is 0 Å². The monoisotopic (exact) mass is 283 g/mol. The third kappa shape index (κ3) is 4.33. The van der Waals surface area contributed by atoms with Gasteiger partial charge in [-0.1, -0.05) is 62.4 Å². The van der Waals surface area contributed by atoms with Crippen LogP contribution in [-0.4, -0.2) is 6.61 Å². The topological polar surface area (TPSA) is 21.3 Å². The van der Waals surface area contributed by atoms with Crippen molar-refractivity contribution in [2.24, 2.45) is 5.92 Å². The molecule has 0 saturated carbocycles. The quantitative estimate of drug-likeness (QED) is 0.769. The van der Waals surface area contributed by atoms with Crippen LogP contribution in [0.5, 0.6) is 0 Å². The van der Waals surface area contributed by atoms with Crippen molar-refractivity contribution in [2.45, 2.75) is 33.4 Å². The second kappa shape index (κ2) is 7.84. The molecule has 0 aliphatic carbocycles.